The summed E-state index contributed by atoms with van der Waals surface area (Å²) in [6.07, 6.45) is 4.39. The van der Waals surface area contributed by atoms with E-state index in [9.17, 15) is 0 Å². The second-order valence-corrected chi connectivity index (χ2v) is 4.87. The Morgan fingerprint density at radius 1 is 1.30 bits per heavy atom. The predicted octanol–water partition coefficient (Wildman–Crippen LogP) is 3.37. The lowest BCUT2D eigenvalue weighted by Crippen LogP contribution is -2.07. The van der Waals surface area contributed by atoms with Crippen molar-refractivity contribution < 1.29 is 4.42 Å². The van der Waals surface area contributed by atoms with Crippen molar-refractivity contribution >= 4 is 22.5 Å². The van der Waals surface area contributed by atoms with Gasteiger partial charge in [-0.25, -0.2) is 4.98 Å². The van der Waals surface area contributed by atoms with E-state index < -0.39 is 0 Å². The minimum atomic E-state index is 0.689. The van der Waals surface area contributed by atoms with Crippen molar-refractivity contribution in [2.45, 2.75) is 13.3 Å². The van der Waals surface area contributed by atoms with Crippen LogP contribution >= 0.6 is 0 Å². The Morgan fingerprint density at radius 3 is 3.00 bits per heavy atom. The monoisotopic (exact) mass is 267 g/mol. The van der Waals surface area contributed by atoms with E-state index in [0.717, 1.165) is 29.9 Å². The lowest BCUT2D eigenvalue weighted by molar-refractivity contribution is 0.610. The highest BCUT2D eigenvalue weighted by Gasteiger charge is 2.05. The van der Waals surface area contributed by atoms with Crippen molar-refractivity contribution in [3.05, 3.63) is 53.9 Å². The standard InChI is InChI=1S/C16H17N3O/c1-11-8-13(17)9-19-16(11)18-7-6-12-10-20-15-5-3-2-4-14(12)15/h2-5,8-10H,6-7,17H2,1H3,(H,18,19). The molecule has 3 aromatic rings. The van der Waals surface area contributed by atoms with Crippen molar-refractivity contribution in [2.24, 2.45) is 0 Å². The van der Waals surface area contributed by atoms with Crippen LogP contribution in [0.3, 0.4) is 0 Å². The maximum atomic E-state index is 5.69. The number of para-hydroxylation sites is 1. The molecule has 102 valence electrons. The molecule has 1 aromatic carbocycles. The Labute approximate surface area is 117 Å². The average Bonchev–Trinajstić information content (AvgIpc) is 2.85. The number of rotatable bonds is 4. The summed E-state index contributed by atoms with van der Waals surface area (Å²) in [6, 6.07) is 10.00. The van der Waals surface area contributed by atoms with Gasteiger partial charge >= 0.3 is 0 Å². The van der Waals surface area contributed by atoms with Crippen molar-refractivity contribution in [3.63, 3.8) is 0 Å². The van der Waals surface area contributed by atoms with Gasteiger partial charge in [-0.05, 0) is 36.6 Å². The molecule has 0 atom stereocenters. The van der Waals surface area contributed by atoms with Crippen LogP contribution in [0.25, 0.3) is 11.0 Å². The van der Waals surface area contributed by atoms with Gasteiger partial charge in [0.25, 0.3) is 0 Å². The highest BCUT2D eigenvalue weighted by atomic mass is 16.3. The number of anilines is 2. The normalized spacial score (nSPS) is 10.8. The van der Waals surface area contributed by atoms with Crippen molar-refractivity contribution in [1.29, 1.82) is 0 Å². The van der Waals surface area contributed by atoms with E-state index >= 15 is 0 Å². The fourth-order valence-corrected chi connectivity index (χ4v) is 2.32. The zero-order valence-electron chi connectivity index (χ0n) is 11.4. The van der Waals surface area contributed by atoms with E-state index in [1.807, 2.05) is 37.5 Å². The Hall–Kier alpha value is -2.49. The molecule has 0 saturated carbocycles. The third-order valence-electron chi connectivity index (χ3n) is 3.35. The zero-order valence-corrected chi connectivity index (χ0v) is 11.4. The van der Waals surface area contributed by atoms with Crippen LogP contribution in [0.5, 0.6) is 0 Å². The SMILES string of the molecule is Cc1cc(N)cnc1NCCc1coc2ccccc12. The quantitative estimate of drug-likeness (QED) is 0.760. The van der Waals surface area contributed by atoms with Gasteiger partial charge in [0.2, 0.25) is 0 Å². The molecule has 2 aromatic heterocycles. The molecule has 0 radical (unpaired) electrons. The van der Waals surface area contributed by atoms with Gasteiger partial charge < -0.3 is 15.5 Å². The number of nitrogen functional groups attached to an aromatic ring is 1. The van der Waals surface area contributed by atoms with Crippen LogP contribution in [0, 0.1) is 6.92 Å². The summed E-state index contributed by atoms with van der Waals surface area (Å²) in [7, 11) is 0. The highest BCUT2D eigenvalue weighted by Crippen LogP contribution is 2.21. The molecule has 0 amide bonds. The Balaban J connectivity index is 1.68. The van der Waals surface area contributed by atoms with Gasteiger partial charge in [-0.2, -0.15) is 0 Å². The smallest absolute Gasteiger partial charge is 0.134 e. The van der Waals surface area contributed by atoms with Gasteiger partial charge in [0, 0.05) is 11.9 Å². The van der Waals surface area contributed by atoms with Gasteiger partial charge in [0.05, 0.1) is 18.1 Å². The van der Waals surface area contributed by atoms with E-state index in [4.69, 9.17) is 10.2 Å². The molecule has 0 unspecified atom stereocenters. The molecule has 4 heteroatoms. The van der Waals surface area contributed by atoms with E-state index in [1.165, 1.54) is 10.9 Å². The number of aromatic nitrogens is 1. The van der Waals surface area contributed by atoms with Crippen LogP contribution in [0.4, 0.5) is 11.5 Å². The molecule has 3 rings (SSSR count). The summed E-state index contributed by atoms with van der Waals surface area (Å²) in [6.45, 7) is 2.81. The third kappa shape index (κ3) is 2.45. The second-order valence-electron chi connectivity index (χ2n) is 4.87. The summed E-state index contributed by atoms with van der Waals surface area (Å²) >= 11 is 0. The first-order chi connectivity index (χ1) is 9.74. The Bertz CT molecular complexity index is 733. The molecule has 0 aliphatic carbocycles. The summed E-state index contributed by atoms with van der Waals surface area (Å²) in [5.74, 6) is 0.881. The molecule has 0 bridgehead atoms. The first-order valence-electron chi connectivity index (χ1n) is 6.65. The number of furan rings is 1. The maximum Gasteiger partial charge on any atom is 0.134 e. The number of nitrogens with one attached hydrogen (secondary N) is 1. The van der Waals surface area contributed by atoms with Crippen molar-refractivity contribution in [3.8, 4) is 0 Å². The number of benzene rings is 1. The van der Waals surface area contributed by atoms with Gasteiger partial charge in [0.15, 0.2) is 0 Å². The van der Waals surface area contributed by atoms with Crippen molar-refractivity contribution in [1.82, 2.24) is 4.98 Å². The number of nitrogens with zero attached hydrogens (tertiary/aromatic N) is 1. The lowest BCUT2D eigenvalue weighted by Gasteiger charge is -2.08. The summed E-state index contributed by atoms with van der Waals surface area (Å²) in [5, 5.41) is 4.51. The largest absolute Gasteiger partial charge is 0.464 e. The molecule has 20 heavy (non-hydrogen) atoms. The average molecular weight is 267 g/mol. The Morgan fingerprint density at radius 2 is 2.15 bits per heavy atom. The fraction of sp³-hybridized carbons (Fsp3) is 0.188. The first kappa shape index (κ1) is 12.5. The van der Waals surface area contributed by atoms with E-state index in [2.05, 4.69) is 16.4 Å². The van der Waals surface area contributed by atoms with Crippen LogP contribution in [-0.2, 0) is 6.42 Å². The topological polar surface area (TPSA) is 64.1 Å². The number of aryl methyl sites for hydroxylation is 1. The van der Waals surface area contributed by atoms with Crippen molar-refractivity contribution in [2.75, 3.05) is 17.6 Å². The molecule has 0 aliphatic heterocycles. The first-order valence-corrected chi connectivity index (χ1v) is 6.65. The molecule has 0 aliphatic rings. The van der Waals surface area contributed by atoms with Crippen LogP contribution in [0.2, 0.25) is 0 Å². The number of nitrogens with two attached hydrogens (primary N) is 1. The van der Waals surface area contributed by atoms with E-state index in [0.29, 0.717) is 5.69 Å². The predicted molar refractivity (Wildman–Crippen MR) is 81.8 cm³/mol. The number of pyridine rings is 1. The third-order valence-corrected chi connectivity index (χ3v) is 3.35. The van der Waals surface area contributed by atoms with Gasteiger partial charge in [0.1, 0.15) is 11.4 Å². The molecule has 0 spiro atoms. The minimum absolute atomic E-state index is 0.689. The fourth-order valence-electron chi connectivity index (χ4n) is 2.32. The Kier molecular flexibility index (Phi) is 3.29. The molecule has 2 heterocycles. The van der Waals surface area contributed by atoms with Gasteiger partial charge in [-0.1, -0.05) is 18.2 Å². The zero-order chi connectivity index (χ0) is 13.9. The van der Waals surface area contributed by atoms with E-state index in [1.54, 1.807) is 6.20 Å². The van der Waals surface area contributed by atoms with Gasteiger partial charge in [-0.3, -0.25) is 0 Å². The molecule has 4 nitrogen and oxygen atoms in total. The molecule has 0 fully saturated rings. The molecular formula is C16H17N3O. The molecule has 0 saturated heterocycles. The lowest BCUT2D eigenvalue weighted by atomic mass is 10.1. The minimum Gasteiger partial charge on any atom is -0.464 e. The van der Waals surface area contributed by atoms with Crippen LogP contribution < -0.4 is 11.1 Å². The second kappa shape index (κ2) is 5.25. The van der Waals surface area contributed by atoms with E-state index in [-0.39, 0.29) is 0 Å². The maximum absolute atomic E-state index is 5.69. The van der Waals surface area contributed by atoms with Crippen LogP contribution in [-0.4, -0.2) is 11.5 Å². The molecular weight excluding hydrogens is 250 g/mol. The number of hydrogen-bond acceptors (Lipinski definition) is 4. The number of hydrogen-bond donors (Lipinski definition) is 2. The van der Waals surface area contributed by atoms with Crippen LogP contribution in [0.15, 0.2) is 47.2 Å². The van der Waals surface area contributed by atoms with Crippen LogP contribution in [0.1, 0.15) is 11.1 Å². The highest BCUT2D eigenvalue weighted by molar-refractivity contribution is 5.80. The summed E-state index contributed by atoms with van der Waals surface area (Å²) in [5.41, 5.74) is 9.58. The molecule has 3 N–H and O–H groups in total. The van der Waals surface area contributed by atoms with Gasteiger partial charge in [-0.15, -0.1) is 0 Å². The number of fused-ring (bicyclic) bond motifs is 1. The summed E-state index contributed by atoms with van der Waals surface area (Å²) < 4.78 is 5.53. The summed E-state index contributed by atoms with van der Waals surface area (Å²) in [4.78, 5) is 4.30.